The van der Waals surface area contributed by atoms with Crippen LogP contribution in [0.2, 0.25) is 0 Å². The minimum atomic E-state index is -0.117. The Kier molecular flexibility index (Phi) is 6.26. The summed E-state index contributed by atoms with van der Waals surface area (Å²) in [5.41, 5.74) is 2.34. The summed E-state index contributed by atoms with van der Waals surface area (Å²) < 4.78 is 8.13. The van der Waals surface area contributed by atoms with Gasteiger partial charge in [0.25, 0.3) is 0 Å². The maximum Gasteiger partial charge on any atom is 0.241 e. The van der Waals surface area contributed by atoms with Gasteiger partial charge in [0.2, 0.25) is 5.91 Å². The van der Waals surface area contributed by atoms with Crippen LogP contribution in [-0.2, 0) is 21.1 Å². The second kappa shape index (κ2) is 9.63. The average molecular weight is 447 g/mol. The molecule has 0 radical (unpaired) electrons. The van der Waals surface area contributed by atoms with E-state index in [1.807, 2.05) is 48.7 Å². The van der Waals surface area contributed by atoms with Crippen molar-refractivity contribution in [2.75, 3.05) is 25.1 Å². The topological polar surface area (TPSA) is 97.5 Å². The van der Waals surface area contributed by atoms with Gasteiger partial charge >= 0.3 is 0 Å². The Morgan fingerprint density at radius 2 is 2.03 bits per heavy atom. The Morgan fingerprint density at radius 3 is 2.76 bits per heavy atom. The third kappa shape index (κ3) is 4.86. The molecule has 5 rings (SSSR count). The number of anilines is 1. The number of aromatic nitrogens is 1. The van der Waals surface area contributed by atoms with Crippen LogP contribution in [-0.4, -0.2) is 36.3 Å². The number of amides is 1. The molecule has 0 aliphatic carbocycles. The molecule has 2 N–H and O–H groups in total. The van der Waals surface area contributed by atoms with Crippen molar-refractivity contribution in [3.63, 3.8) is 0 Å². The van der Waals surface area contributed by atoms with Gasteiger partial charge in [-0.25, -0.2) is 9.78 Å². The van der Waals surface area contributed by atoms with Crippen molar-refractivity contribution in [2.45, 2.75) is 31.8 Å². The van der Waals surface area contributed by atoms with Gasteiger partial charge in [-0.15, -0.1) is 0 Å². The molecule has 2 saturated heterocycles. The summed E-state index contributed by atoms with van der Waals surface area (Å²) in [7, 11) is 0. The molecule has 2 aromatic carbocycles. The molecular weight excluding hydrogens is 420 g/mol. The second-order valence-electron chi connectivity index (χ2n) is 8.51. The minimum absolute atomic E-state index is 0.00696. The molecule has 170 valence electrons. The summed E-state index contributed by atoms with van der Waals surface area (Å²) in [4.78, 5) is 22.3. The van der Waals surface area contributed by atoms with E-state index in [4.69, 9.17) is 14.5 Å². The predicted octanol–water partition coefficient (Wildman–Crippen LogP) is 3.96. The lowest BCUT2D eigenvalue weighted by Gasteiger charge is -2.21. The highest BCUT2D eigenvalue weighted by Crippen LogP contribution is 2.30. The number of hydrogen-bond acceptors (Lipinski definition) is 6. The molecule has 0 spiro atoms. The molecule has 0 saturated carbocycles. The summed E-state index contributed by atoms with van der Waals surface area (Å²) in [5, 5.41) is 16.6. The molecule has 2 aliphatic heterocycles. The highest BCUT2D eigenvalue weighted by molar-refractivity contribution is 5.95. The third-order valence-corrected chi connectivity index (χ3v) is 6.16. The first-order valence-electron chi connectivity index (χ1n) is 11.3. The zero-order valence-corrected chi connectivity index (χ0v) is 18.3. The maximum atomic E-state index is 12.3. The third-order valence-electron chi connectivity index (χ3n) is 6.16. The zero-order chi connectivity index (χ0) is 22.6. The van der Waals surface area contributed by atoms with Gasteiger partial charge in [0, 0.05) is 35.2 Å². The first-order chi connectivity index (χ1) is 16.2. The number of carbonyl (C=O) groups excluding carboxylic acids is 1. The van der Waals surface area contributed by atoms with E-state index in [2.05, 4.69) is 21.3 Å². The van der Waals surface area contributed by atoms with Crippen LogP contribution >= 0.6 is 0 Å². The molecule has 2 atom stereocenters. The van der Waals surface area contributed by atoms with Gasteiger partial charge in [0.05, 0.1) is 24.8 Å². The molecule has 1 aromatic heterocycles. The number of benzene rings is 2. The number of nitrogens with zero attached hydrogens (tertiary/aromatic N) is 2. The van der Waals surface area contributed by atoms with E-state index < -0.39 is 0 Å². The van der Waals surface area contributed by atoms with Crippen molar-refractivity contribution in [1.82, 2.24) is 9.88 Å². The van der Waals surface area contributed by atoms with E-state index in [9.17, 15) is 10.1 Å². The molecule has 3 aromatic rings. The van der Waals surface area contributed by atoms with E-state index in [0.717, 1.165) is 48.9 Å². The number of ether oxygens (including phenoxy) is 1. The van der Waals surface area contributed by atoms with E-state index in [1.165, 1.54) is 0 Å². The normalized spacial score (nSPS) is 20.5. The quantitative estimate of drug-likeness (QED) is 0.556. The number of hydrogen-bond donors (Lipinski definition) is 2. The van der Waals surface area contributed by atoms with Gasteiger partial charge < -0.3 is 19.9 Å². The van der Waals surface area contributed by atoms with Gasteiger partial charge in [0.1, 0.15) is 17.6 Å². The summed E-state index contributed by atoms with van der Waals surface area (Å²) in [6.07, 6.45) is 4.71. The molecule has 2 fully saturated rings. The molecule has 1 unspecified atom stereocenters. The van der Waals surface area contributed by atoms with Gasteiger partial charge in [0.15, 0.2) is 0 Å². The number of fused-ring (bicyclic) bond motifs is 1. The van der Waals surface area contributed by atoms with Gasteiger partial charge in [-0.1, -0.05) is 0 Å². The largest absolute Gasteiger partial charge is 0.457 e. The smallest absolute Gasteiger partial charge is 0.241 e. The van der Waals surface area contributed by atoms with Crippen molar-refractivity contribution in [1.29, 1.82) is 5.26 Å². The van der Waals surface area contributed by atoms with Crippen LogP contribution in [0.3, 0.4) is 0 Å². The lowest BCUT2D eigenvalue weighted by atomic mass is 10.1. The standard InChI is InChI=1S/C25H26N4O4/c26-13-18-15-29(14-17-9-11-31-32-16-17)24-8-7-21(12-22(18)24)33-20-5-3-19(4-6-20)28-25(30)23-2-1-10-27-23/h3-8,12,15,17,23,27H,1-2,9-11,14,16H2,(H,28,30)/t17?,23-/m0/s1. The Morgan fingerprint density at radius 1 is 1.18 bits per heavy atom. The van der Waals surface area contributed by atoms with Crippen LogP contribution in [0.4, 0.5) is 5.69 Å². The zero-order valence-electron chi connectivity index (χ0n) is 18.3. The molecule has 0 bridgehead atoms. The van der Waals surface area contributed by atoms with Crippen molar-refractivity contribution in [3.05, 3.63) is 54.2 Å². The first-order valence-corrected chi connectivity index (χ1v) is 11.3. The van der Waals surface area contributed by atoms with Crippen LogP contribution in [0.25, 0.3) is 10.9 Å². The summed E-state index contributed by atoms with van der Waals surface area (Å²) in [6, 6.07) is 15.3. The maximum absolute atomic E-state index is 12.3. The molecule has 3 heterocycles. The highest BCUT2D eigenvalue weighted by Gasteiger charge is 2.22. The van der Waals surface area contributed by atoms with Crippen molar-refractivity contribution in [3.8, 4) is 17.6 Å². The van der Waals surface area contributed by atoms with E-state index >= 15 is 0 Å². The highest BCUT2D eigenvalue weighted by atomic mass is 17.2. The predicted molar refractivity (Wildman–Crippen MR) is 123 cm³/mol. The fourth-order valence-corrected chi connectivity index (χ4v) is 4.38. The average Bonchev–Trinajstić information content (AvgIpc) is 3.50. The fraction of sp³-hybridized carbons (Fsp3) is 0.360. The van der Waals surface area contributed by atoms with E-state index in [-0.39, 0.29) is 11.9 Å². The van der Waals surface area contributed by atoms with Crippen molar-refractivity contribution < 1.29 is 19.3 Å². The molecule has 1 amide bonds. The van der Waals surface area contributed by atoms with Crippen LogP contribution in [0.15, 0.2) is 48.7 Å². The Balaban J connectivity index is 1.28. The van der Waals surface area contributed by atoms with Crippen molar-refractivity contribution in [2.24, 2.45) is 5.92 Å². The molecular formula is C25H26N4O4. The van der Waals surface area contributed by atoms with Crippen LogP contribution in [0.5, 0.6) is 11.5 Å². The lowest BCUT2D eigenvalue weighted by molar-refractivity contribution is -0.324. The van der Waals surface area contributed by atoms with E-state index in [0.29, 0.717) is 36.2 Å². The lowest BCUT2D eigenvalue weighted by Crippen LogP contribution is -2.35. The molecule has 2 aliphatic rings. The van der Waals surface area contributed by atoms with Gasteiger partial charge in [-0.05, 0) is 68.3 Å². The van der Waals surface area contributed by atoms with Crippen LogP contribution in [0, 0.1) is 17.2 Å². The minimum Gasteiger partial charge on any atom is -0.457 e. The SMILES string of the molecule is N#Cc1cn(CC2CCOOC2)c2ccc(Oc3ccc(NC(=O)[C@@H]4CCCN4)cc3)cc12. The molecule has 8 heteroatoms. The number of carbonyl (C=O) groups is 1. The van der Waals surface area contributed by atoms with Crippen LogP contribution in [0.1, 0.15) is 24.8 Å². The van der Waals surface area contributed by atoms with Crippen LogP contribution < -0.4 is 15.4 Å². The Labute approximate surface area is 192 Å². The van der Waals surface area contributed by atoms with Gasteiger partial charge in [-0.3, -0.25) is 4.79 Å². The van der Waals surface area contributed by atoms with Gasteiger partial charge in [-0.2, -0.15) is 5.26 Å². The summed E-state index contributed by atoms with van der Waals surface area (Å²) >= 11 is 0. The summed E-state index contributed by atoms with van der Waals surface area (Å²) in [6.45, 7) is 2.80. The monoisotopic (exact) mass is 446 g/mol. The number of nitrogens with one attached hydrogen (secondary N) is 2. The number of nitriles is 1. The number of rotatable bonds is 6. The Bertz CT molecular complexity index is 1170. The van der Waals surface area contributed by atoms with E-state index in [1.54, 1.807) is 0 Å². The van der Waals surface area contributed by atoms with Crippen molar-refractivity contribution >= 4 is 22.5 Å². The molecule has 8 nitrogen and oxygen atoms in total. The summed E-state index contributed by atoms with van der Waals surface area (Å²) in [5.74, 6) is 1.65. The molecule has 33 heavy (non-hydrogen) atoms. The Hall–Kier alpha value is -3.38. The first kappa shape index (κ1) is 21.5. The fourth-order valence-electron chi connectivity index (χ4n) is 4.38. The second-order valence-corrected chi connectivity index (χ2v) is 8.51.